The normalized spacial score (nSPS) is 28.5. The van der Waals surface area contributed by atoms with Gasteiger partial charge in [0.05, 0.1) is 12.4 Å². The van der Waals surface area contributed by atoms with E-state index in [2.05, 4.69) is 32.9 Å². The highest BCUT2D eigenvalue weighted by Gasteiger charge is 2.40. The molecule has 1 aliphatic carbocycles. The van der Waals surface area contributed by atoms with Gasteiger partial charge in [0.15, 0.2) is 5.78 Å². The number of ether oxygens (including phenoxy) is 1. The van der Waals surface area contributed by atoms with Crippen LogP contribution in [0.2, 0.25) is 0 Å². The zero-order valence-corrected chi connectivity index (χ0v) is 12.0. The van der Waals surface area contributed by atoms with Crippen LogP contribution in [0, 0.1) is 11.3 Å². The third-order valence-electron chi connectivity index (χ3n) is 3.70. The van der Waals surface area contributed by atoms with Crippen LogP contribution in [0.1, 0.15) is 32.6 Å². The molecule has 0 radical (unpaired) electrons. The number of Topliss-reactive ketones (excluding diaryl/α,β-unsaturated/α-hetero) is 1. The molecular formula is C12H20BrNO3. The summed E-state index contributed by atoms with van der Waals surface area (Å²) in [5.41, 5.74) is -0.399. The summed E-state index contributed by atoms with van der Waals surface area (Å²) < 4.78 is 4.55. The molecule has 0 aromatic carbocycles. The van der Waals surface area contributed by atoms with Crippen LogP contribution in [-0.2, 0) is 9.53 Å². The van der Waals surface area contributed by atoms with Gasteiger partial charge in [0.25, 0.3) is 0 Å². The van der Waals surface area contributed by atoms with Crippen LogP contribution < -0.4 is 5.32 Å². The minimum absolute atomic E-state index is 0.181. The molecule has 1 N–H and O–H groups in total. The van der Waals surface area contributed by atoms with Crippen molar-refractivity contribution >= 4 is 27.8 Å². The van der Waals surface area contributed by atoms with Crippen molar-refractivity contribution in [3.63, 3.8) is 0 Å². The number of amides is 1. The molecule has 5 heteroatoms. The molecule has 0 aromatic rings. The van der Waals surface area contributed by atoms with Crippen molar-refractivity contribution in [2.24, 2.45) is 11.3 Å². The average molecular weight is 306 g/mol. The fourth-order valence-corrected chi connectivity index (χ4v) is 2.92. The minimum Gasteiger partial charge on any atom is -0.453 e. The van der Waals surface area contributed by atoms with Gasteiger partial charge in [-0.05, 0) is 31.6 Å². The highest BCUT2D eigenvalue weighted by Crippen LogP contribution is 2.39. The van der Waals surface area contributed by atoms with Gasteiger partial charge in [-0.2, -0.15) is 0 Å². The van der Waals surface area contributed by atoms with Crippen molar-refractivity contribution in [3.05, 3.63) is 0 Å². The second kappa shape index (κ2) is 6.38. The van der Waals surface area contributed by atoms with E-state index in [-0.39, 0.29) is 5.78 Å². The first-order valence-electron chi connectivity index (χ1n) is 5.95. The summed E-state index contributed by atoms with van der Waals surface area (Å²) in [5, 5.41) is 3.02. The topological polar surface area (TPSA) is 55.4 Å². The van der Waals surface area contributed by atoms with Crippen LogP contribution >= 0.6 is 15.9 Å². The molecule has 1 saturated carbocycles. The van der Waals surface area contributed by atoms with E-state index in [0.717, 1.165) is 25.7 Å². The number of rotatable bonds is 4. The van der Waals surface area contributed by atoms with Gasteiger partial charge < -0.3 is 10.1 Å². The fourth-order valence-electron chi connectivity index (χ4n) is 2.32. The molecule has 17 heavy (non-hydrogen) atoms. The Morgan fingerprint density at radius 1 is 1.41 bits per heavy atom. The standard InChI is InChI=1S/C12H20BrNO3/c1-9-3-5-12(6-4-9,10(15)7-13)8-14-11(16)17-2/h9H,3-8H2,1-2H3,(H,14,16). The van der Waals surface area contributed by atoms with E-state index in [1.807, 2.05) is 0 Å². The lowest BCUT2D eigenvalue weighted by molar-refractivity contribution is -0.127. The Morgan fingerprint density at radius 3 is 2.47 bits per heavy atom. The Labute approximate surface area is 111 Å². The smallest absolute Gasteiger partial charge is 0.406 e. The number of hydrogen-bond acceptors (Lipinski definition) is 3. The van der Waals surface area contributed by atoms with Crippen molar-refractivity contribution in [2.45, 2.75) is 32.6 Å². The van der Waals surface area contributed by atoms with Crippen molar-refractivity contribution in [2.75, 3.05) is 19.0 Å². The maximum atomic E-state index is 12.1. The number of carbonyl (C=O) groups excluding carboxylic acids is 2. The fraction of sp³-hybridized carbons (Fsp3) is 0.833. The summed E-state index contributed by atoms with van der Waals surface area (Å²) in [6.07, 6.45) is 3.32. The molecule has 4 nitrogen and oxygen atoms in total. The molecular weight excluding hydrogens is 286 g/mol. The summed E-state index contributed by atoms with van der Waals surface area (Å²) in [6, 6.07) is 0. The highest BCUT2D eigenvalue weighted by molar-refractivity contribution is 9.09. The van der Waals surface area contributed by atoms with Gasteiger partial charge >= 0.3 is 6.09 Å². The van der Waals surface area contributed by atoms with Crippen LogP contribution in [0.25, 0.3) is 0 Å². The van der Waals surface area contributed by atoms with Crippen LogP contribution in [0.3, 0.4) is 0 Å². The molecule has 0 spiro atoms. The van der Waals surface area contributed by atoms with Crippen molar-refractivity contribution in [1.82, 2.24) is 5.32 Å². The van der Waals surface area contributed by atoms with E-state index in [1.54, 1.807) is 0 Å². The molecule has 0 heterocycles. The third kappa shape index (κ3) is 3.69. The van der Waals surface area contributed by atoms with E-state index in [0.29, 0.717) is 17.8 Å². The van der Waals surface area contributed by atoms with E-state index >= 15 is 0 Å². The second-order valence-corrected chi connectivity index (χ2v) is 5.43. The first-order valence-corrected chi connectivity index (χ1v) is 7.07. The van der Waals surface area contributed by atoms with Gasteiger partial charge in [0, 0.05) is 12.0 Å². The van der Waals surface area contributed by atoms with E-state index in [1.165, 1.54) is 7.11 Å². The molecule has 1 aliphatic rings. The lowest BCUT2D eigenvalue weighted by Gasteiger charge is -2.37. The lowest BCUT2D eigenvalue weighted by Crippen LogP contribution is -2.45. The molecule has 1 rings (SSSR count). The van der Waals surface area contributed by atoms with Crippen LogP contribution in [-0.4, -0.2) is 30.9 Å². The van der Waals surface area contributed by atoms with Crippen molar-refractivity contribution in [3.8, 4) is 0 Å². The van der Waals surface area contributed by atoms with Crippen LogP contribution in [0.5, 0.6) is 0 Å². The van der Waals surface area contributed by atoms with Gasteiger partial charge in [-0.1, -0.05) is 22.9 Å². The van der Waals surface area contributed by atoms with Gasteiger partial charge in [-0.25, -0.2) is 4.79 Å². The number of alkyl carbamates (subject to hydrolysis) is 1. The zero-order chi connectivity index (χ0) is 12.9. The molecule has 98 valence electrons. The van der Waals surface area contributed by atoms with Crippen LogP contribution in [0.4, 0.5) is 4.79 Å². The Bertz CT molecular complexity index is 285. The summed E-state index contributed by atoms with van der Waals surface area (Å²) in [6.45, 7) is 2.59. The summed E-state index contributed by atoms with van der Waals surface area (Å²) in [5.74, 6) is 0.852. The SMILES string of the molecule is COC(=O)NCC1(C(=O)CBr)CCC(C)CC1. The number of carbonyl (C=O) groups is 2. The molecule has 1 amide bonds. The Kier molecular flexibility index (Phi) is 5.43. The minimum atomic E-state index is -0.467. The number of alkyl halides is 1. The van der Waals surface area contributed by atoms with Crippen LogP contribution in [0.15, 0.2) is 0 Å². The van der Waals surface area contributed by atoms with E-state index in [9.17, 15) is 9.59 Å². The first kappa shape index (κ1) is 14.5. The zero-order valence-electron chi connectivity index (χ0n) is 10.4. The number of halogens is 1. The van der Waals surface area contributed by atoms with Crippen molar-refractivity contribution < 1.29 is 14.3 Å². The molecule has 0 aromatic heterocycles. The van der Waals surface area contributed by atoms with Gasteiger partial charge in [-0.3, -0.25) is 4.79 Å². The second-order valence-electron chi connectivity index (χ2n) is 4.86. The Hall–Kier alpha value is -0.580. The van der Waals surface area contributed by atoms with Gasteiger partial charge in [0.2, 0.25) is 0 Å². The average Bonchev–Trinajstić information content (AvgIpc) is 2.37. The highest BCUT2D eigenvalue weighted by atomic mass is 79.9. The number of hydrogen-bond donors (Lipinski definition) is 1. The first-order chi connectivity index (χ1) is 8.04. The number of nitrogens with one attached hydrogen (secondary N) is 1. The lowest BCUT2D eigenvalue weighted by atomic mass is 9.68. The largest absolute Gasteiger partial charge is 0.453 e. The van der Waals surface area contributed by atoms with E-state index in [4.69, 9.17) is 0 Å². The van der Waals surface area contributed by atoms with Crippen molar-refractivity contribution in [1.29, 1.82) is 0 Å². The predicted octanol–water partition coefficient (Wildman–Crippen LogP) is 2.50. The Morgan fingerprint density at radius 2 is 2.00 bits per heavy atom. The molecule has 0 bridgehead atoms. The van der Waals surface area contributed by atoms with Gasteiger partial charge in [-0.15, -0.1) is 0 Å². The molecule has 0 atom stereocenters. The molecule has 0 unspecified atom stereocenters. The predicted molar refractivity (Wildman–Crippen MR) is 69.3 cm³/mol. The summed E-state index contributed by atoms with van der Waals surface area (Å²) in [4.78, 5) is 23.2. The quantitative estimate of drug-likeness (QED) is 0.812. The molecule has 1 fully saturated rings. The summed E-state index contributed by atoms with van der Waals surface area (Å²) >= 11 is 3.23. The summed E-state index contributed by atoms with van der Waals surface area (Å²) in [7, 11) is 1.33. The maximum Gasteiger partial charge on any atom is 0.406 e. The number of ketones is 1. The monoisotopic (exact) mass is 305 g/mol. The molecule has 0 aliphatic heterocycles. The van der Waals surface area contributed by atoms with Gasteiger partial charge in [0.1, 0.15) is 0 Å². The third-order valence-corrected chi connectivity index (χ3v) is 4.21. The Balaban J connectivity index is 2.66. The molecule has 0 saturated heterocycles. The van der Waals surface area contributed by atoms with E-state index < -0.39 is 11.5 Å². The number of methoxy groups -OCH3 is 1. The maximum absolute atomic E-state index is 12.1.